The lowest BCUT2D eigenvalue weighted by molar-refractivity contribution is -0.147. The van der Waals surface area contributed by atoms with E-state index in [9.17, 15) is 14.7 Å². The summed E-state index contributed by atoms with van der Waals surface area (Å²) in [4.78, 5) is 25.2. The third-order valence-electron chi connectivity index (χ3n) is 5.64. The van der Waals surface area contributed by atoms with Crippen molar-refractivity contribution in [3.05, 3.63) is 0 Å². The second-order valence-electron chi connectivity index (χ2n) is 7.16. The number of carbonyl (C=O) groups excluding carboxylic acids is 1. The summed E-state index contributed by atoms with van der Waals surface area (Å²) in [5, 5.41) is 12.3. The van der Waals surface area contributed by atoms with E-state index < -0.39 is 11.5 Å². The first-order valence-corrected chi connectivity index (χ1v) is 6.86. The van der Waals surface area contributed by atoms with Crippen molar-refractivity contribution >= 4 is 12.0 Å². The smallest absolute Gasteiger partial charge is 0.329 e. The van der Waals surface area contributed by atoms with Crippen molar-refractivity contribution in [2.45, 2.75) is 59.0 Å². The van der Waals surface area contributed by atoms with Crippen molar-refractivity contribution in [3.8, 4) is 0 Å². The molecule has 2 amide bonds. The highest BCUT2D eigenvalue weighted by atomic mass is 16.4. The molecule has 1 saturated heterocycles. The molecule has 5 nitrogen and oxygen atoms in total. The number of carbonyl (C=O) groups is 2. The summed E-state index contributed by atoms with van der Waals surface area (Å²) >= 11 is 0. The number of nitrogens with one attached hydrogen (secondary N) is 1. The van der Waals surface area contributed by atoms with Crippen LogP contribution in [0.4, 0.5) is 4.79 Å². The zero-order valence-electron chi connectivity index (χ0n) is 12.4. The van der Waals surface area contributed by atoms with E-state index in [1.54, 1.807) is 6.92 Å². The Balaban J connectivity index is 2.08. The monoisotopic (exact) mass is 268 g/mol. The standard InChI is InChI=1S/C14H24N2O3/c1-12(2)9(13(12,3)4)15-11(19)16-8-6-7-14(16,5)10(17)18/h9H,6-8H2,1-5H3,(H,15,19)(H,17,18). The van der Waals surface area contributed by atoms with Crippen LogP contribution in [0.25, 0.3) is 0 Å². The Kier molecular flexibility index (Phi) is 2.88. The Labute approximate surface area is 114 Å². The number of hydrogen-bond acceptors (Lipinski definition) is 2. The molecule has 0 radical (unpaired) electrons. The molecule has 5 heteroatoms. The minimum atomic E-state index is -1.06. The lowest BCUT2D eigenvalue weighted by Crippen LogP contribution is -2.55. The first-order chi connectivity index (χ1) is 8.55. The highest BCUT2D eigenvalue weighted by Crippen LogP contribution is 2.62. The average Bonchev–Trinajstić information content (AvgIpc) is 2.66. The number of nitrogens with zero attached hydrogens (tertiary/aromatic N) is 1. The van der Waals surface area contributed by atoms with Crippen LogP contribution in [0.15, 0.2) is 0 Å². The van der Waals surface area contributed by atoms with E-state index in [4.69, 9.17) is 0 Å². The van der Waals surface area contributed by atoms with Crippen molar-refractivity contribution in [1.82, 2.24) is 10.2 Å². The van der Waals surface area contributed by atoms with Gasteiger partial charge in [0.05, 0.1) is 0 Å². The molecule has 1 aliphatic carbocycles. The van der Waals surface area contributed by atoms with E-state index in [-0.39, 0.29) is 22.9 Å². The number of carboxylic acid groups (broad SMARTS) is 1. The summed E-state index contributed by atoms with van der Waals surface area (Å²) in [6.45, 7) is 10.6. The van der Waals surface area contributed by atoms with Gasteiger partial charge in [-0.3, -0.25) is 0 Å². The van der Waals surface area contributed by atoms with Gasteiger partial charge in [-0.05, 0) is 30.6 Å². The van der Waals surface area contributed by atoms with Crippen molar-refractivity contribution in [3.63, 3.8) is 0 Å². The van der Waals surface area contributed by atoms with Gasteiger partial charge in [-0.25, -0.2) is 9.59 Å². The van der Waals surface area contributed by atoms with Crippen LogP contribution in [-0.4, -0.2) is 40.1 Å². The third-order valence-corrected chi connectivity index (χ3v) is 5.64. The molecular weight excluding hydrogens is 244 g/mol. The molecule has 1 heterocycles. The Morgan fingerprint density at radius 3 is 2.11 bits per heavy atom. The number of amides is 2. The SMILES string of the molecule is CC1(C(=O)O)CCCN1C(=O)NC1C(C)(C)C1(C)C. The maximum absolute atomic E-state index is 12.3. The molecule has 1 atom stereocenters. The molecule has 1 saturated carbocycles. The molecule has 0 spiro atoms. The molecular formula is C14H24N2O3. The summed E-state index contributed by atoms with van der Waals surface area (Å²) in [7, 11) is 0. The normalized spacial score (nSPS) is 32.2. The van der Waals surface area contributed by atoms with E-state index in [1.165, 1.54) is 4.90 Å². The molecule has 19 heavy (non-hydrogen) atoms. The molecule has 1 unspecified atom stereocenters. The molecule has 2 N–H and O–H groups in total. The molecule has 2 aliphatic rings. The molecule has 2 rings (SSSR count). The average molecular weight is 268 g/mol. The van der Waals surface area contributed by atoms with Gasteiger partial charge in [0.2, 0.25) is 0 Å². The van der Waals surface area contributed by atoms with E-state index >= 15 is 0 Å². The number of likely N-dealkylation sites (tertiary alicyclic amines) is 1. The highest BCUT2D eigenvalue weighted by Gasteiger charge is 2.66. The predicted molar refractivity (Wildman–Crippen MR) is 71.9 cm³/mol. The Morgan fingerprint density at radius 2 is 1.68 bits per heavy atom. The number of carboxylic acids is 1. The molecule has 0 aromatic heterocycles. The van der Waals surface area contributed by atoms with Gasteiger partial charge in [0, 0.05) is 12.6 Å². The molecule has 108 valence electrons. The molecule has 0 aromatic rings. The zero-order valence-corrected chi connectivity index (χ0v) is 12.4. The number of rotatable bonds is 2. The van der Waals surface area contributed by atoms with E-state index in [0.29, 0.717) is 13.0 Å². The third kappa shape index (κ3) is 1.82. The first-order valence-electron chi connectivity index (χ1n) is 6.86. The summed E-state index contributed by atoms with van der Waals surface area (Å²) in [6.07, 6.45) is 1.26. The molecule has 0 aromatic carbocycles. The van der Waals surface area contributed by atoms with Crippen molar-refractivity contribution in [2.24, 2.45) is 10.8 Å². The van der Waals surface area contributed by atoms with Crippen molar-refractivity contribution in [2.75, 3.05) is 6.54 Å². The van der Waals surface area contributed by atoms with E-state index in [1.807, 2.05) is 0 Å². The fourth-order valence-corrected chi connectivity index (χ4v) is 3.27. The van der Waals surface area contributed by atoms with Crippen LogP contribution in [0.5, 0.6) is 0 Å². The van der Waals surface area contributed by atoms with Gasteiger partial charge >= 0.3 is 12.0 Å². The van der Waals surface area contributed by atoms with Crippen LogP contribution >= 0.6 is 0 Å². The second kappa shape index (κ2) is 3.87. The fourth-order valence-electron chi connectivity index (χ4n) is 3.27. The first kappa shape index (κ1) is 14.2. The lowest BCUT2D eigenvalue weighted by atomic mass is 10.00. The van der Waals surface area contributed by atoms with Crippen LogP contribution in [0, 0.1) is 10.8 Å². The lowest BCUT2D eigenvalue weighted by Gasteiger charge is -2.31. The van der Waals surface area contributed by atoms with E-state index in [2.05, 4.69) is 33.0 Å². The number of aliphatic carboxylic acids is 1. The highest BCUT2D eigenvalue weighted by molar-refractivity contribution is 5.87. The topological polar surface area (TPSA) is 69.6 Å². The largest absolute Gasteiger partial charge is 0.480 e. The maximum atomic E-state index is 12.3. The van der Waals surface area contributed by atoms with Gasteiger partial charge in [0.15, 0.2) is 0 Å². The summed E-state index contributed by atoms with van der Waals surface area (Å²) < 4.78 is 0. The van der Waals surface area contributed by atoms with Crippen LogP contribution in [0.2, 0.25) is 0 Å². The summed E-state index contributed by atoms with van der Waals surface area (Å²) in [5.74, 6) is -0.922. The quantitative estimate of drug-likeness (QED) is 0.805. The van der Waals surface area contributed by atoms with Crippen molar-refractivity contribution < 1.29 is 14.7 Å². The summed E-state index contributed by atoms with van der Waals surface area (Å²) in [5.41, 5.74) is -0.947. The molecule has 2 fully saturated rings. The minimum Gasteiger partial charge on any atom is -0.480 e. The van der Waals surface area contributed by atoms with Gasteiger partial charge in [0.1, 0.15) is 5.54 Å². The number of urea groups is 1. The maximum Gasteiger partial charge on any atom is 0.329 e. The fraction of sp³-hybridized carbons (Fsp3) is 0.857. The number of hydrogen-bond donors (Lipinski definition) is 2. The van der Waals surface area contributed by atoms with Gasteiger partial charge < -0.3 is 15.3 Å². The van der Waals surface area contributed by atoms with Crippen molar-refractivity contribution in [1.29, 1.82) is 0 Å². The van der Waals surface area contributed by atoms with Crippen LogP contribution in [-0.2, 0) is 4.79 Å². The Morgan fingerprint density at radius 1 is 1.16 bits per heavy atom. The van der Waals surface area contributed by atoms with Gasteiger partial charge in [-0.15, -0.1) is 0 Å². The Bertz CT molecular complexity index is 416. The van der Waals surface area contributed by atoms with E-state index in [0.717, 1.165) is 6.42 Å². The molecule has 1 aliphatic heterocycles. The summed E-state index contributed by atoms with van der Waals surface area (Å²) in [6, 6.07) is -0.141. The zero-order chi connectivity index (χ0) is 14.6. The second-order valence-corrected chi connectivity index (χ2v) is 7.16. The van der Waals surface area contributed by atoms with Crippen LogP contribution in [0.1, 0.15) is 47.5 Å². The Hall–Kier alpha value is -1.26. The van der Waals surface area contributed by atoms with Crippen LogP contribution < -0.4 is 5.32 Å². The van der Waals surface area contributed by atoms with Gasteiger partial charge in [-0.2, -0.15) is 0 Å². The van der Waals surface area contributed by atoms with Crippen LogP contribution in [0.3, 0.4) is 0 Å². The predicted octanol–water partition coefficient (Wildman–Crippen LogP) is 2.07. The minimum absolute atomic E-state index is 0.0575. The van der Waals surface area contributed by atoms with Gasteiger partial charge in [-0.1, -0.05) is 27.7 Å². The van der Waals surface area contributed by atoms with Gasteiger partial charge in [0.25, 0.3) is 0 Å². The molecule has 0 bridgehead atoms.